The van der Waals surface area contributed by atoms with Crippen LogP contribution in [0.15, 0.2) is 12.4 Å². The molecular formula is C13H17Cl2N5O. The van der Waals surface area contributed by atoms with Crippen molar-refractivity contribution in [3.63, 3.8) is 0 Å². The molecule has 1 N–H and O–H groups in total. The molecule has 0 aliphatic rings. The van der Waals surface area contributed by atoms with Crippen LogP contribution in [0.1, 0.15) is 17.8 Å². The number of aromatic nitrogens is 4. The van der Waals surface area contributed by atoms with Crippen molar-refractivity contribution in [3.05, 3.63) is 33.8 Å². The molecule has 6 nitrogen and oxygen atoms in total. The molecule has 0 spiro atoms. The summed E-state index contributed by atoms with van der Waals surface area (Å²) >= 11 is 11.8. The first kappa shape index (κ1) is 15.9. The summed E-state index contributed by atoms with van der Waals surface area (Å²) in [6.45, 7) is 5.35. The summed E-state index contributed by atoms with van der Waals surface area (Å²) in [7, 11) is 0. The standard InChI is InChI=1S/C13H17Cl2N5O/c1-9-13(15)10(2)20(18-9)5-3-12(21)16-4-6-19-8-11(14)7-17-19/h7-8H,3-6H2,1-2H3,(H,16,21). The Labute approximate surface area is 133 Å². The van der Waals surface area contributed by atoms with Crippen LogP contribution < -0.4 is 5.32 Å². The molecule has 21 heavy (non-hydrogen) atoms. The maximum atomic E-state index is 11.8. The van der Waals surface area contributed by atoms with E-state index in [1.807, 2.05) is 13.8 Å². The monoisotopic (exact) mass is 329 g/mol. The van der Waals surface area contributed by atoms with Crippen LogP contribution in [0.5, 0.6) is 0 Å². The van der Waals surface area contributed by atoms with Gasteiger partial charge < -0.3 is 5.32 Å². The lowest BCUT2D eigenvalue weighted by Crippen LogP contribution is -2.28. The highest BCUT2D eigenvalue weighted by Gasteiger charge is 2.10. The van der Waals surface area contributed by atoms with Crippen molar-refractivity contribution in [1.29, 1.82) is 0 Å². The Kier molecular flexibility index (Phi) is 5.25. The molecule has 2 aromatic rings. The van der Waals surface area contributed by atoms with Crippen LogP contribution in [0, 0.1) is 13.8 Å². The lowest BCUT2D eigenvalue weighted by atomic mass is 10.3. The SMILES string of the molecule is Cc1nn(CCC(=O)NCCn2cc(Cl)cn2)c(C)c1Cl. The molecule has 0 atom stereocenters. The van der Waals surface area contributed by atoms with Crippen molar-refractivity contribution in [3.8, 4) is 0 Å². The Bertz CT molecular complexity index is 635. The minimum absolute atomic E-state index is 0.0306. The van der Waals surface area contributed by atoms with Gasteiger partial charge in [-0.1, -0.05) is 23.2 Å². The van der Waals surface area contributed by atoms with Gasteiger partial charge in [-0.05, 0) is 13.8 Å². The van der Waals surface area contributed by atoms with Crippen molar-refractivity contribution in [1.82, 2.24) is 24.9 Å². The zero-order valence-electron chi connectivity index (χ0n) is 11.9. The Balaban J connectivity index is 1.73. The van der Waals surface area contributed by atoms with Crippen LogP contribution >= 0.6 is 23.2 Å². The van der Waals surface area contributed by atoms with Gasteiger partial charge in [-0.2, -0.15) is 10.2 Å². The highest BCUT2D eigenvalue weighted by molar-refractivity contribution is 6.31. The van der Waals surface area contributed by atoms with Crippen LogP contribution in [-0.2, 0) is 17.9 Å². The number of nitrogens with one attached hydrogen (secondary N) is 1. The zero-order valence-corrected chi connectivity index (χ0v) is 13.4. The summed E-state index contributed by atoms with van der Waals surface area (Å²) in [6, 6.07) is 0. The zero-order chi connectivity index (χ0) is 15.4. The number of hydrogen-bond acceptors (Lipinski definition) is 3. The molecule has 2 rings (SSSR count). The first-order chi connectivity index (χ1) is 9.97. The molecule has 2 aromatic heterocycles. The van der Waals surface area contributed by atoms with Crippen LogP contribution in [-0.4, -0.2) is 32.0 Å². The molecular weight excluding hydrogens is 313 g/mol. The predicted octanol–water partition coefficient (Wildman–Crippen LogP) is 2.21. The van der Waals surface area contributed by atoms with E-state index >= 15 is 0 Å². The molecule has 0 radical (unpaired) electrons. The van der Waals surface area contributed by atoms with E-state index in [-0.39, 0.29) is 5.91 Å². The third-order valence-corrected chi connectivity index (χ3v) is 3.85. The minimum Gasteiger partial charge on any atom is -0.354 e. The minimum atomic E-state index is -0.0306. The second-order valence-corrected chi connectivity index (χ2v) is 5.54. The van der Waals surface area contributed by atoms with Crippen LogP contribution in [0.4, 0.5) is 0 Å². The number of rotatable bonds is 6. The maximum Gasteiger partial charge on any atom is 0.221 e. The van der Waals surface area contributed by atoms with Crippen LogP contribution in [0.3, 0.4) is 0 Å². The third-order valence-electron chi connectivity index (χ3n) is 3.11. The first-order valence-electron chi connectivity index (χ1n) is 6.61. The molecule has 114 valence electrons. The van der Waals surface area contributed by atoms with Crippen LogP contribution in [0.25, 0.3) is 0 Å². The molecule has 0 saturated carbocycles. The number of halogens is 2. The Morgan fingerprint density at radius 3 is 2.67 bits per heavy atom. The van der Waals surface area contributed by atoms with Gasteiger partial charge in [0.2, 0.25) is 5.91 Å². The fourth-order valence-electron chi connectivity index (χ4n) is 1.96. The summed E-state index contributed by atoms with van der Waals surface area (Å²) < 4.78 is 3.44. The van der Waals surface area contributed by atoms with Crippen molar-refractivity contribution < 1.29 is 4.79 Å². The van der Waals surface area contributed by atoms with Crippen molar-refractivity contribution in [2.75, 3.05) is 6.54 Å². The molecule has 1 amide bonds. The lowest BCUT2D eigenvalue weighted by molar-refractivity contribution is -0.121. The molecule has 0 unspecified atom stereocenters. The summed E-state index contributed by atoms with van der Waals surface area (Å²) in [5.74, 6) is -0.0306. The number of nitrogens with zero attached hydrogens (tertiary/aromatic N) is 4. The average molecular weight is 330 g/mol. The van der Waals surface area contributed by atoms with Gasteiger partial charge in [-0.3, -0.25) is 14.2 Å². The van der Waals surface area contributed by atoms with Gasteiger partial charge in [0.15, 0.2) is 0 Å². The van der Waals surface area contributed by atoms with E-state index in [4.69, 9.17) is 23.2 Å². The van der Waals surface area contributed by atoms with E-state index in [0.29, 0.717) is 36.1 Å². The van der Waals surface area contributed by atoms with Crippen molar-refractivity contribution >= 4 is 29.1 Å². The summed E-state index contributed by atoms with van der Waals surface area (Å²) in [4.78, 5) is 11.8. The molecule has 0 aromatic carbocycles. The fraction of sp³-hybridized carbons (Fsp3) is 0.462. The molecule has 2 heterocycles. The Hall–Kier alpha value is -1.53. The second-order valence-electron chi connectivity index (χ2n) is 4.73. The van der Waals surface area contributed by atoms with Crippen molar-refractivity contribution in [2.24, 2.45) is 0 Å². The van der Waals surface area contributed by atoms with Gasteiger partial charge in [0.05, 0.1) is 40.7 Å². The number of aryl methyl sites for hydroxylation is 2. The van der Waals surface area contributed by atoms with Gasteiger partial charge >= 0.3 is 0 Å². The topological polar surface area (TPSA) is 64.7 Å². The average Bonchev–Trinajstić information content (AvgIpc) is 2.96. The van der Waals surface area contributed by atoms with Gasteiger partial charge in [-0.15, -0.1) is 0 Å². The third kappa shape index (κ3) is 4.22. The van der Waals surface area contributed by atoms with Gasteiger partial charge in [-0.25, -0.2) is 0 Å². The predicted molar refractivity (Wildman–Crippen MR) is 81.6 cm³/mol. The van der Waals surface area contributed by atoms with E-state index in [9.17, 15) is 4.79 Å². The molecule has 0 bridgehead atoms. The number of hydrogen-bond donors (Lipinski definition) is 1. The normalized spacial score (nSPS) is 10.9. The van der Waals surface area contributed by atoms with Gasteiger partial charge in [0.1, 0.15) is 0 Å². The van der Waals surface area contributed by atoms with E-state index < -0.39 is 0 Å². The van der Waals surface area contributed by atoms with E-state index in [1.165, 1.54) is 0 Å². The first-order valence-corrected chi connectivity index (χ1v) is 7.37. The highest BCUT2D eigenvalue weighted by atomic mass is 35.5. The maximum absolute atomic E-state index is 11.8. The smallest absolute Gasteiger partial charge is 0.221 e. The summed E-state index contributed by atoms with van der Waals surface area (Å²) in [5, 5.41) is 12.4. The molecule has 0 aliphatic heterocycles. The molecule has 0 aliphatic carbocycles. The van der Waals surface area contributed by atoms with Crippen molar-refractivity contribution in [2.45, 2.75) is 33.4 Å². The summed E-state index contributed by atoms with van der Waals surface area (Å²) in [6.07, 6.45) is 3.64. The fourth-order valence-corrected chi connectivity index (χ4v) is 2.25. The molecule has 0 fully saturated rings. The van der Waals surface area contributed by atoms with Crippen LogP contribution in [0.2, 0.25) is 10.0 Å². The molecule has 0 saturated heterocycles. The number of amides is 1. The van der Waals surface area contributed by atoms with Gasteiger partial charge in [0.25, 0.3) is 0 Å². The highest BCUT2D eigenvalue weighted by Crippen LogP contribution is 2.18. The number of carbonyl (C=O) groups excluding carboxylic acids is 1. The van der Waals surface area contributed by atoms with E-state index in [2.05, 4.69) is 15.5 Å². The van der Waals surface area contributed by atoms with E-state index in [0.717, 1.165) is 11.4 Å². The van der Waals surface area contributed by atoms with Gasteiger partial charge in [0, 0.05) is 19.2 Å². The molecule has 8 heteroatoms. The summed E-state index contributed by atoms with van der Waals surface area (Å²) in [5.41, 5.74) is 1.67. The quantitative estimate of drug-likeness (QED) is 0.883. The number of carbonyl (C=O) groups is 1. The Morgan fingerprint density at radius 1 is 1.33 bits per heavy atom. The Morgan fingerprint density at radius 2 is 2.10 bits per heavy atom. The lowest BCUT2D eigenvalue weighted by Gasteiger charge is -2.06. The van der Waals surface area contributed by atoms with E-state index in [1.54, 1.807) is 21.8 Å². The second kappa shape index (κ2) is 6.95. The largest absolute Gasteiger partial charge is 0.354 e.